The van der Waals surface area contributed by atoms with Crippen molar-refractivity contribution in [3.05, 3.63) is 55.1 Å². The molecule has 1 aromatic carbocycles. The molecule has 116 valence electrons. The van der Waals surface area contributed by atoms with Gasteiger partial charge in [0.2, 0.25) is 0 Å². The van der Waals surface area contributed by atoms with Crippen LogP contribution in [0.25, 0.3) is 0 Å². The molecular formula is C15H13Br2NO3S. The Hall–Kier alpha value is -1.18. The number of carbonyl (C=O) groups excluding carboxylic acids is 2. The Morgan fingerprint density at radius 2 is 1.95 bits per heavy atom. The van der Waals surface area contributed by atoms with Crippen LogP contribution in [-0.2, 0) is 16.0 Å². The number of ether oxygens (including phenoxy) is 1. The van der Waals surface area contributed by atoms with Crippen molar-refractivity contribution in [1.29, 1.82) is 0 Å². The van der Waals surface area contributed by atoms with Gasteiger partial charge in [-0.1, -0.05) is 30.3 Å². The number of amides is 1. The smallest absolute Gasteiger partial charge is 0.328 e. The summed E-state index contributed by atoms with van der Waals surface area (Å²) in [6.45, 7) is 0. The van der Waals surface area contributed by atoms with Crippen LogP contribution in [0.4, 0.5) is 0 Å². The van der Waals surface area contributed by atoms with Crippen molar-refractivity contribution in [3.8, 4) is 0 Å². The van der Waals surface area contributed by atoms with E-state index in [1.165, 1.54) is 18.4 Å². The lowest BCUT2D eigenvalue weighted by atomic mass is 10.1. The first-order valence-electron chi connectivity index (χ1n) is 6.38. The Balaban J connectivity index is 2.12. The third-order valence-corrected chi connectivity index (χ3v) is 6.20. The largest absolute Gasteiger partial charge is 0.467 e. The maximum absolute atomic E-state index is 12.3. The highest BCUT2D eigenvalue weighted by Gasteiger charge is 2.23. The van der Waals surface area contributed by atoms with E-state index in [-0.39, 0.29) is 5.91 Å². The van der Waals surface area contributed by atoms with Gasteiger partial charge in [0.25, 0.3) is 5.91 Å². The molecule has 7 heteroatoms. The summed E-state index contributed by atoms with van der Waals surface area (Å²) in [5.41, 5.74) is 0.951. The standard InChI is InChI=1S/C15H13Br2NO3S/c1-21-15(20)11(7-9-5-3-2-4-6-9)18-14(19)12-8-10(16)13(17)22-12/h2-6,8,11H,7H2,1H3,(H,18,19). The maximum atomic E-state index is 12.3. The van der Waals surface area contributed by atoms with Crippen LogP contribution < -0.4 is 5.32 Å². The third kappa shape index (κ3) is 4.41. The SMILES string of the molecule is COC(=O)C(Cc1ccccc1)NC(=O)c1cc(Br)c(Br)s1. The van der Waals surface area contributed by atoms with E-state index in [4.69, 9.17) is 4.74 Å². The summed E-state index contributed by atoms with van der Waals surface area (Å²) in [6.07, 6.45) is 0.382. The first-order chi connectivity index (χ1) is 10.5. The zero-order valence-electron chi connectivity index (χ0n) is 11.6. The van der Waals surface area contributed by atoms with E-state index in [2.05, 4.69) is 37.2 Å². The van der Waals surface area contributed by atoms with Gasteiger partial charge in [-0.3, -0.25) is 4.79 Å². The summed E-state index contributed by atoms with van der Waals surface area (Å²) in [7, 11) is 1.31. The van der Waals surface area contributed by atoms with Gasteiger partial charge in [0.05, 0.1) is 15.8 Å². The van der Waals surface area contributed by atoms with Crippen molar-refractivity contribution in [2.45, 2.75) is 12.5 Å². The third-order valence-electron chi connectivity index (χ3n) is 2.94. The highest BCUT2D eigenvalue weighted by Crippen LogP contribution is 2.32. The van der Waals surface area contributed by atoms with Crippen molar-refractivity contribution in [3.63, 3.8) is 0 Å². The van der Waals surface area contributed by atoms with Crippen LogP contribution in [0.3, 0.4) is 0 Å². The lowest BCUT2D eigenvalue weighted by Crippen LogP contribution is -2.42. The fourth-order valence-electron chi connectivity index (χ4n) is 1.87. The topological polar surface area (TPSA) is 55.4 Å². The molecule has 0 saturated heterocycles. The normalized spacial score (nSPS) is 11.8. The number of nitrogens with one attached hydrogen (secondary N) is 1. The molecule has 2 rings (SSSR count). The van der Waals surface area contributed by atoms with Crippen molar-refractivity contribution >= 4 is 55.1 Å². The molecule has 1 aromatic heterocycles. The van der Waals surface area contributed by atoms with Gasteiger partial charge in [-0.2, -0.15) is 0 Å². The van der Waals surface area contributed by atoms with Gasteiger partial charge in [0.15, 0.2) is 0 Å². The van der Waals surface area contributed by atoms with Gasteiger partial charge in [0, 0.05) is 10.9 Å². The molecule has 1 atom stereocenters. The lowest BCUT2D eigenvalue weighted by Gasteiger charge is -2.16. The number of methoxy groups -OCH3 is 1. The average Bonchev–Trinajstić information content (AvgIpc) is 2.86. The molecule has 1 amide bonds. The molecule has 1 heterocycles. The summed E-state index contributed by atoms with van der Waals surface area (Å²) in [5, 5.41) is 2.73. The van der Waals surface area contributed by atoms with Crippen LogP contribution in [0.15, 0.2) is 44.7 Å². The molecule has 0 radical (unpaired) electrons. The summed E-state index contributed by atoms with van der Waals surface area (Å²) in [6, 6.07) is 10.5. The maximum Gasteiger partial charge on any atom is 0.328 e. The monoisotopic (exact) mass is 445 g/mol. The Labute approximate surface area is 149 Å². The number of esters is 1. The molecule has 0 aliphatic heterocycles. The number of benzene rings is 1. The number of carbonyl (C=O) groups is 2. The molecule has 0 aliphatic carbocycles. The van der Waals surface area contributed by atoms with Gasteiger partial charge in [-0.05, 0) is 43.5 Å². The van der Waals surface area contributed by atoms with E-state index < -0.39 is 12.0 Å². The van der Waals surface area contributed by atoms with E-state index in [0.29, 0.717) is 11.3 Å². The molecule has 0 spiro atoms. The highest BCUT2D eigenvalue weighted by molar-refractivity contribution is 9.13. The molecule has 2 aromatic rings. The minimum absolute atomic E-state index is 0.303. The lowest BCUT2D eigenvalue weighted by molar-refractivity contribution is -0.142. The Kier molecular flexibility index (Phi) is 6.16. The van der Waals surface area contributed by atoms with Gasteiger partial charge < -0.3 is 10.1 Å². The fourth-order valence-corrected chi connectivity index (χ4v) is 3.81. The van der Waals surface area contributed by atoms with E-state index in [9.17, 15) is 9.59 Å². The minimum Gasteiger partial charge on any atom is -0.467 e. The molecule has 0 fully saturated rings. The molecule has 0 bridgehead atoms. The zero-order valence-corrected chi connectivity index (χ0v) is 15.6. The molecule has 4 nitrogen and oxygen atoms in total. The van der Waals surface area contributed by atoms with E-state index in [0.717, 1.165) is 13.8 Å². The second-order valence-electron chi connectivity index (χ2n) is 4.47. The molecule has 22 heavy (non-hydrogen) atoms. The van der Waals surface area contributed by atoms with Gasteiger partial charge in [-0.15, -0.1) is 11.3 Å². The van der Waals surface area contributed by atoms with E-state index in [1.807, 2.05) is 30.3 Å². The van der Waals surface area contributed by atoms with Gasteiger partial charge in [-0.25, -0.2) is 4.79 Å². The van der Waals surface area contributed by atoms with Crippen LogP contribution >= 0.6 is 43.2 Å². The van der Waals surface area contributed by atoms with Crippen molar-refractivity contribution < 1.29 is 14.3 Å². The second-order valence-corrected chi connectivity index (χ2v) is 7.70. The molecule has 0 saturated carbocycles. The summed E-state index contributed by atoms with van der Waals surface area (Å²) >= 11 is 7.98. The molecular weight excluding hydrogens is 434 g/mol. The second kappa shape index (κ2) is 7.89. The fraction of sp³-hybridized carbons (Fsp3) is 0.200. The number of halogens is 2. The predicted molar refractivity (Wildman–Crippen MR) is 93.1 cm³/mol. The number of thiophene rings is 1. The number of hydrogen-bond acceptors (Lipinski definition) is 4. The van der Waals surface area contributed by atoms with Crippen molar-refractivity contribution in [2.24, 2.45) is 0 Å². The van der Waals surface area contributed by atoms with Crippen LogP contribution in [0.1, 0.15) is 15.2 Å². The summed E-state index contributed by atoms with van der Waals surface area (Å²) < 4.78 is 6.42. The van der Waals surface area contributed by atoms with Crippen LogP contribution in [0.2, 0.25) is 0 Å². The Morgan fingerprint density at radius 3 is 2.50 bits per heavy atom. The van der Waals surface area contributed by atoms with Crippen molar-refractivity contribution in [1.82, 2.24) is 5.32 Å². The quantitative estimate of drug-likeness (QED) is 0.711. The number of rotatable bonds is 5. The molecule has 1 unspecified atom stereocenters. The average molecular weight is 447 g/mol. The van der Waals surface area contributed by atoms with Gasteiger partial charge >= 0.3 is 5.97 Å². The van der Waals surface area contributed by atoms with Crippen LogP contribution in [0.5, 0.6) is 0 Å². The zero-order chi connectivity index (χ0) is 16.1. The highest BCUT2D eigenvalue weighted by atomic mass is 79.9. The molecule has 0 aliphatic rings. The number of hydrogen-bond donors (Lipinski definition) is 1. The Morgan fingerprint density at radius 1 is 1.27 bits per heavy atom. The minimum atomic E-state index is -0.723. The first kappa shape index (κ1) is 17.2. The summed E-state index contributed by atoms with van der Waals surface area (Å²) in [5.74, 6) is -0.769. The van der Waals surface area contributed by atoms with E-state index in [1.54, 1.807) is 6.07 Å². The summed E-state index contributed by atoms with van der Waals surface area (Å²) in [4.78, 5) is 24.7. The van der Waals surface area contributed by atoms with E-state index >= 15 is 0 Å². The predicted octanol–water partition coefficient (Wildman–Crippen LogP) is 3.79. The Bertz CT molecular complexity index is 653. The first-order valence-corrected chi connectivity index (χ1v) is 8.79. The molecule has 1 N–H and O–H groups in total. The van der Waals surface area contributed by atoms with Crippen molar-refractivity contribution in [2.75, 3.05) is 7.11 Å². The van der Waals surface area contributed by atoms with Gasteiger partial charge in [0.1, 0.15) is 6.04 Å². The van der Waals surface area contributed by atoms with Crippen LogP contribution in [0, 0.1) is 0 Å². The van der Waals surface area contributed by atoms with Crippen LogP contribution in [-0.4, -0.2) is 25.0 Å².